The van der Waals surface area contributed by atoms with Crippen LogP contribution in [-0.2, 0) is 4.74 Å². The smallest absolute Gasteiger partial charge is 0.255 e. The molecular formula is C17H20N2O3. The van der Waals surface area contributed by atoms with Gasteiger partial charge in [-0.2, -0.15) is 0 Å². The highest BCUT2D eigenvalue weighted by Gasteiger charge is 2.07. The summed E-state index contributed by atoms with van der Waals surface area (Å²) >= 11 is 0. The number of rotatable bonds is 7. The molecule has 2 rings (SSSR count). The molecule has 0 saturated carbocycles. The van der Waals surface area contributed by atoms with Gasteiger partial charge in [0.05, 0.1) is 6.61 Å². The second-order valence-electron chi connectivity index (χ2n) is 4.65. The van der Waals surface area contributed by atoms with Crippen LogP contribution < -0.4 is 15.8 Å². The second kappa shape index (κ2) is 8.05. The number of hydrogen-bond acceptors (Lipinski definition) is 4. The Morgan fingerprint density at radius 3 is 2.73 bits per heavy atom. The molecule has 0 heterocycles. The highest BCUT2D eigenvalue weighted by Crippen LogP contribution is 2.16. The molecule has 0 atom stereocenters. The maximum absolute atomic E-state index is 12.2. The number of amides is 1. The Kier molecular flexibility index (Phi) is 5.80. The average molecular weight is 300 g/mol. The minimum absolute atomic E-state index is 0.208. The lowest BCUT2D eigenvalue weighted by atomic mass is 10.2. The van der Waals surface area contributed by atoms with Crippen LogP contribution in [0.15, 0.2) is 48.5 Å². The summed E-state index contributed by atoms with van der Waals surface area (Å²) < 4.78 is 10.8. The lowest BCUT2D eigenvalue weighted by Gasteiger charge is -2.09. The molecule has 5 heteroatoms. The van der Waals surface area contributed by atoms with Crippen LogP contribution in [-0.4, -0.2) is 25.7 Å². The molecule has 0 fully saturated rings. The van der Waals surface area contributed by atoms with E-state index in [2.05, 4.69) is 5.32 Å². The van der Waals surface area contributed by atoms with Crippen molar-refractivity contribution >= 4 is 17.3 Å². The standard InChI is InChI=1S/C17H20N2O3/c1-2-21-9-10-22-16-8-3-5-13(11-16)17(20)19-15-7-4-6-14(18)12-15/h3-8,11-12H,2,9-10,18H2,1H3,(H,19,20). The minimum Gasteiger partial charge on any atom is -0.491 e. The van der Waals surface area contributed by atoms with Crippen molar-refractivity contribution in [2.24, 2.45) is 0 Å². The molecule has 0 aliphatic heterocycles. The van der Waals surface area contributed by atoms with Gasteiger partial charge < -0.3 is 20.5 Å². The largest absolute Gasteiger partial charge is 0.491 e. The van der Waals surface area contributed by atoms with E-state index in [0.29, 0.717) is 42.5 Å². The van der Waals surface area contributed by atoms with Crippen molar-refractivity contribution in [3.63, 3.8) is 0 Å². The third-order valence-electron chi connectivity index (χ3n) is 2.94. The SMILES string of the molecule is CCOCCOc1cccc(C(=O)Nc2cccc(N)c2)c1. The number of hydrogen-bond donors (Lipinski definition) is 2. The summed E-state index contributed by atoms with van der Waals surface area (Å²) in [6.07, 6.45) is 0. The summed E-state index contributed by atoms with van der Waals surface area (Å²) in [6.45, 7) is 3.57. The molecule has 0 radical (unpaired) electrons. The molecule has 0 saturated heterocycles. The molecule has 2 aromatic carbocycles. The quantitative estimate of drug-likeness (QED) is 0.609. The number of benzene rings is 2. The maximum atomic E-state index is 12.2. The van der Waals surface area contributed by atoms with Gasteiger partial charge in [0.25, 0.3) is 5.91 Å². The van der Waals surface area contributed by atoms with E-state index in [4.69, 9.17) is 15.2 Å². The summed E-state index contributed by atoms with van der Waals surface area (Å²) in [5, 5.41) is 2.80. The monoisotopic (exact) mass is 300 g/mol. The Bertz CT molecular complexity index is 629. The average Bonchev–Trinajstić information content (AvgIpc) is 2.52. The summed E-state index contributed by atoms with van der Waals surface area (Å²) in [6, 6.07) is 14.1. The first kappa shape index (κ1) is 15.9. The number of nitrogens with two attached hydrogens (primary N) is 1. The highest BCUT2D eigenvalue weighted by atomic mass is 16.5. The number of nitrogen functional groups attached to an aromatic ring is 1. The van der Waals surface area contributed by atoms with Crippen LogP contribution in [0.4, 0.5) is 11.4 Å². The van der Waals surface area contributed by atoms with Gasteiger partial charge in [0.15, 0.2) is 0 Å². The summed E-state index contributed by atoms with van der Waals surface area (Å²) in [5.41, 5.74) is 7.48. The van der Waals surface area contributed by atoms with E-state index in [1.165, 1.54) is 0 Å². The van der Waals surface area contributed by atoms with Crippen molar-refractivity contribution in [3.8, 4) is 5.75 Å². The van der Waals surface area contributed by atoms with Crippen LogP contribution >= 0.6 is 0 Å². The zero-order valence-electron chi connectivity index (χ0n) is 12.5. The second-order valence-corrected chi connectivity index (χ2v) is 4.65. The summed E-state index contributed by atoms with van der Waals surface area (Å²) in [4.78, 5) is 12.2. The van der Waals surface area contributed by atoms with Crippen LogP contribution in [0.25, 0.3) is 0 Å². The number of anilines is 2. The highest BCUT2D eigenvalue weighted by molar-refractivity contribution is 6.04. The first-order chi connectivity index (χ1) is 10.7. The summed E-state index contributed by atoms with van der Waals surface area (Å²) in [5.74, 6) is 0.431. The fourth-order valence-electron chi connectivity index (χ4n) is 1.91. The van der Waals surface area contributed by atoms with Crippen molar-refractivity contribution in [1.29, 1.82) is 0 Å². The Balaban J connectivity index is 1.97. The van der Waals surface area contributed by atoms with Gasteiger partial charge in [-0.3, -0.25) is 4.79 Å². The Hall–Kier alpha value is -2.53. The van der Waals surface area contributed by atoms with E-state index in [0.717, 1.165) is 0 Å². The minimum atomic E-state index is -0.208. The zero-order valence-corrected chi connectivity index (χ0v) is 12.5. The molecule has 0 aliphatic rings. The van der Waals surface area contributed by atoms with Crippen LogP contribution in [0.2, 0.25) is 0 Å². The topological polar surface area (TPSA) is 73.6 Å². The molecule has 0 aliphatic carbocycles. The van der Waals surface area contributed by atoms with Crippen LogP contribution in [0, 0.1) is 0 Å². The van der Waals surface area contributed by atoms with Gasteiger partial charge >= 0.3 is 0 Å². The van der Waals surface area contributed by atoms with Crippen LogP contribution in [0.3, 0.4) is 0 Å². The first-order valence-corrected chi connectivity index (χ1v) is 7.16. The molecule has 0 bridgehead atoms. The van der Waals surface area contributed by atoms with E-state index in [-0.39, 0.29) is 5.91 Å². The molecule has 5 nitrogen and oxygen atoms in total. The molecule has 0 unspecified atom stereocenters. The Labute approximate surface area is 130 Å². The van der Waals surface area contributed by atoms with Gasteiger partial charge in [-0.1, -0.05) is 12.1 Å². The molecule has 22 heavy (non-hydrogen) atoms. The third kappa shape index (κ3) is 4.79. The number of carbonyl (C=O) groups excluding carboxylic acids is 1. The Morgan fingerprint density at radius 1 is 1.14 bits per heavy atom. The van der Waals surface area contributed by atoms with Gasteiger partial charge in [0.2, 0.25) is 0 Å². The predicted octanol–water partition coefficient (Wildman–Crippen LogP) is 2.94. The number of carbonyl (C=O) groups is 1. The third-order valence-corrected chi connectivity index (χ3v) is 2.94. The van der Waals surface area contributed by atoms with Crippen molar-refractivity contribution < 1.29 is 14.3 Å². The maximum Gasteiger partial charge on any atom is 0.255 e. The fraction of sp³-hybridized carbons (Fsp3) is 0.235. The van der Waals surface area contributed by atoms with E-state index in [1.54, 1.807) is 42.5 Å². The van der Waals surface area contributed by atoms with Gasteiger partial charge in [0, 0.05) is 23.5 Å². The van der Waals surface area contributed by atoms with Gasteiger partial charge in [0.1, 0.15) is 12.4 Å². The van der Waals surface area contributed by atoms with Gasteiger partial charge in [-0.25, -0.2) is 0 Å². The van der Waals surface area contributed by atoms with Crippen LogP contribution in [0.1, 0.15) is 17.3 Å². The molecule has 1 amide bonds. The number of nitrogens with one attached hydrogen (secondary N) is 1. The predicted molar refractivity (Wildman–Crippen MR) is 87.2 cm³/mol. The fourth-order valence-corrected chi connectivity index (χ4v) is 1.91. The lowest BCUT2D eigenvalue weighted by molar-refractivity contribution is 0.102. The van der Waals surface area contributed by atoms with E-state index < -0.39 is 0 Å². The van der Waals surface area contributed by atoms with Gasteiger partial charge in [-0.05, 0) is 43.3 Å². The lowest BCUT2D eigenvalue weighted by Crippen LogP contribution is -2.12. The molecule has 0 aromatic heterocycles. The van der Waals surface area contributed by atoms with E-state index >= 15 is 0 Å². The molecule has 3 N–H and O–H groups in total. The first-order valence-electron chi connectivity index (χ1n) is 7.16. The van der Waals surface area contributed by atoms with Crippen molar-refractivity contribution in [1.82, 2.24) is 0 Å². The summed E-state index contributed by atoms with van der Waals surface area (Å²) in [7, 11) is 0. The van der Waals surface area contributed by atoms with Crippen molar-refractivity contribution in [2.75, 3.05) is 30.9 Å². The van der Waals surface area contributed by atoms with Gasteiger partial charge in [-0.15, -0.1) is 0 Å². The normalized spacial score (nSPS) is 10.2. The van der Waals surface area contributed by atoms with E-state index in [9.17, 15) is 4.79 Å². The van der Waals surface area contributed by atoms with E-state index in [1.807, 2.05) is 13.0 Å². The molecule has 116 valence electrons. The van der Waals surface area contributed by atoms with Crippen LogP contribution in [0.5, 0.6) is 5.75 Å². The Morgan fingerprint density at radius 2 is 1.95 bits per heavy atom. The van der Waals surface area contributed by atoms with Crippen molar-refractivity contribution in [2.45, 2.75) is 6.92 Å². The zero-order chi connectivity index (χ0) is 15.8. The van der Waals surface area contributed by atoms with Crippen molar-refractivity contribution in [3.05, 3.63) is 54.1 Å². The molecular weight excluding hydrogens is 280 g/mol. The molecule has 2 aromatic rings. The molecule has 0 spiro atoms. The number of ether oxygens (including phenoxy) is 2.